The van der Waals surface area contributed by atoms with Crippen LogP contribution in [0.4, 0.5) is 0 Å². The van der Waals surface area contributed by atoms with Crippen molar-refractivity contribution in [2.24, 2.45) is 17.3 Å². The minimum Gasteiger partial charge on any atom is -0.339 e. The summed E-state index contributed by atoms with van der Waals surface area (Å²) in [6, 6.07) is 0.478. The fourth-order valence-electron chi connectivity index (χ4n) is 3.24. The third-order valence-corrected chi connectivity index (χ3v) is 4.15. The maximum absolute atomic E-state index is 12.4. The molecule has 2 atom stereocenters. The predicted molar refractivity (Wildman–Crippen MR) is 65.1 cm³/mol. The molecular formula is C13H24N2O. The number of nitrogens with one attached hydrogen (secondary N) is 1. The molecule has 92 valence electrons. The quantitative estimate of drug-likeness (QED) is 0.770. The molecular weight excluding hydrogens is 200 g/mol. The van der Waals surface area contributed by atoms with E-state index in [1.807, 2.05) is 0 Å². The van der Waals surface area contributed by atoms with Gasteiger partial charge in [0.1, 0.15) is 0 Å². The standard InChI is InChI=1S/C13H24N2O/c1-9(2)8-15-11-5-6-14-7-10(11)13(3,4)12(15)16/h9-11,14H,5-8H2,1-4H3. The van der Waals surface area contributed by atoms with Gasteiger partial charge in [0.25, 0.3) is 0 Å². The summed E-state index contributed by atoms with van der Waals surface area (Å²) in [7, 11) is 0. The van der Waals surface area contributed by atoms with Crippen molar-refractivity contribution in [3.63, 3.8) is 0 Å². The number of hydrogen-bond donors (Lipinski definition) is 1. The maximum Gasteiger partial charge on any atom is 0.228 e. The first-order valence-electron chi connectivity index (χ1n) is 6.46. The molecule has 1 N–H and O–H groups in total. The lowest BCUT2D eigenvalue weighted by Gasteiger charge is -2.34. The average molecular weight is 224 g/mol. The maximum atomic E-state index is 12.4. The Bertz CT molecular complexity index is 286. The molecule has 2 rings (SSSR count). The third-order valence-electron chi connectivity index (χ3n) is 4.15. The lowest BCUT2D eigenvalue weighted by molar-refractivity contribution is -0.136. The number of likely N-dealkylation sites (tertiary alicyclic amines) is 1. The molecule has 3 nitrogen and oxygen atoms in total. The Hall–Kier alpha value is -0.570. The van der Waals surface area contributed by atoms with E-state index in [1.165, 1.54) is 0 Å². The molecule has 2 unspecified atom stereocenters. The van der Waals surface area contributed by atoms with E-state index in [9.17, 15) is 4.79 Å². The monoisotopic (exact) mass is 224 g/mol. The molecule has 0 aliphatic carbocycles. The van der Waals surface area contributed by atoms with Gasteiger partial charge in [-0.15, -0.1) is 0 Å². The van der Waals surface area contributed by atoms with E-state index >= 15 is 0 Å². The summed E-state index contributed by atoms with van der Waals surface area (Å²) in [6.45, 7) is 11.6. The van der Waals surface area contributed by atoms with E-state index in [2.05, 4.69) is 37.9 Å². The van der Waals surface area contributed by atoms with E-state index in [1.54, 1.807) is 0 Å². The van der Waals surface area contributed by atoms with Crippen LogP contribution in [0, 0.1) is 17.3 Å². The van der Waals surface area contributed by atoms with Crippen LogP contribution < -0.4 is 5.32 Å². The van der Waals surface area contributed by atoms with Gasteiger partial charge < -0.3 is 10.2 Å². The van der Waals surface area contributed by atoms with E-state index in [4.69, 9.17) is 0 Å². The zero-order valence-electron chi connectivity index (χ0n) is 10.9. The zero-order valence-corrected chi connectivity index (χ0v) is 10.9. The smallest absolute Gasteiger partial charge is 0.228 e. The van der Waals surface area contributed by atoms with Gasteiger partial charge >= 0.3 is 0 Å². The van der Waals surface area contributed by atoms with Crippen LogP contribution in [-0.4, -0.2) is 36.5 Å². The van der Waals surface area contributed by atoms with E-state index in [-0.39, 0.29) is 5.41 Å². The van der Waals surface area contributed by atoms with Gasteiger partial charge in [0.2, 0.25) is 5.91 Å². The van der Waals surface area contributed by atoms with E-state index < -0.39 is 0 Å². The zero-order chi connectivity index (χ0) is 11.9. The lowest BCUT2D eigenvalue weighted by atomic mass is 9.76. The second kappa shape index (κ2) is 4.02. The molecule has 3 heteroatoms. The van der Waals surface area contributed by atoms with Crippen LogP contribution in [0.3, 0.4) is 0 Å². The van der Waals surface area contributed by atoms with Crippen molar-refractivity contribution >= 4 is 5.91 Å². The first-order valence-corrected chi connectivity index (χ1v) is 6.46. The molecule has 1 amide bonds. The molecule has 0 aromatic carbocycles. The van der Waals surface area contributed by atoms with Gasteiger partial charge in [0.15, 0.2) is 0 Å². The number of fused-ring (bicyclic) bond motifs is 1. The van der Waals surface area contributed by atoms with Crippen molar-refractivity contribution in [1.82, 2.24) is 10.2 Å². The summed E-state index contributed by atoms with van der Waals surface area (Å²) in [6.07, 6.45) is 1.12. The normalized spacial score (nSPS) is 33.3. The molecule has 0 saturated carbocycles. The molecule has 16 heavy (non-hydrogen) atoms. The van der Waals surface area contributed by atoms with Gasteiger partial charge in [0.05, 0.1) is 0 Å². The molecule has 0 radical (unpaired) electrons. The summed E-state index contributed by atoms with van der Waals surface area (Å²) in [5.41, 5.74) is -0.174. The highest BCUT2D eigenvalue weighted by Gasteiger charge is 2.53. The van der Waals surface area contributed by atoms with Crippen LogP contribution in [0.15, 0.2) is 0 Å². The van der Waals surface area contributed by atoms with Crippen molar-refractivity contribution in [2.75, 3.05) is 19.6 Å². The Kier molecular flexibility index (Phi) is 2.99. The van der Waals surface area contributed by atoms with Gasteiger partial charge in [-0.2, -0.15) is 0 Å². The SMILES string of the molecule is CC(C)CN1C(=O)C(C)(C)C2CNCCC21. The molecule has 0 aromatic heterocycles. The van der Waals surface area contributed by atoms with Crippen molar-refractivity contribution in [3.8, 4) is 0 Å². The predicted octanol–water partition coefficient (Wildman–Crippen LogP) is 1.49. The fourth-order valence-corrected chi connectivity index (χ4v) is 3.24. The second-order valence-electron chi connectivity index (χ2n) is 6.24. The number of piperidine rings is 1. The number of carbonyl (C=O) groups excluding carboxylic acids is 1. The Balaban J connectivity index is 2.22. The highest BCUT2D eigenvalue weighted by molar-refractivity contribution is 5.85. The molecule has 0 spiro atoms. The summed E-state index contributed by atoms with van der Waals surface area (Å²) in [5.74, 6) is 1.42. The Morgan fingerprint density at radius 2 is 2.19 bits per heavy atom. The van der Waals surface area contributed by atoms with E-state index in [0.717, 1.165) is 26.1 Å². The van der Waals surface area contributed by atoms with E-state index in [0.29, 0.717) is 23.8 Å². The third kappa shape index (κ3) is 1.75. The molecule has 2 fully saturated rings. The summed E-state index contributed by atoms with van der Waals surface area (Å²) in [5, 5.41) is 3.43. The first-order chi connectivity index (χ1) is 7.44. The summed E-state index contributed by atoms with van der Waals surface area (Å²) in [4.78, 5) is 14.6. The lowest BCUT2D eigenvalue weighted by Crippen LogP contribution is -2.46. The minimum atomic E-state index is -0.174. The minimum absolute atomic E-state index is 0.174. The van der Waals surface area contributed by atoms with Gasteiger partial charge in [0, 0.05) is 30.5 Å². The number of carbonyl (C=O) groups is 1. The molecule has 2 aliphatic rings. The van der Waals surface area contributed by atoms with Crippen LogP contribution >= 0.6 is 0 Å². The van der Waals surface area contributed by atoms with Crippen molar-refractivity contribution in [3.05, 3.63) is 0 Å². The Labute approximate surface area is 98.6 Å². The van der Waals surface area contributed by atoms with Crippen LogP contribution in [0.2, 0.25) is 0 Å². The molecule has 0 bridgehead atoms. The van der Waals surface area contributed by atoms with Gasteiger partial charge in [-0.1, -0.05) is 27.7 Å². The van der Waals surface area contributed by atoms with Crippen LogP contribution in [0.1, 0.15) is 34.1 Å². The van der Waals surface area contributed by atoms with Crippen molar-refractivity contribution < 1.29 is 4.79 Å². The van der Waals surface area contributed by atoms with Crippen LogP contribution in [0.5, 0.6) is 0 Å². The first kappa shape index (κ1) is 11.9. The molecule has 0 aromatic rings. The van der Waals surface area contributed by atoms with Crippen molar-refractivity contribution in [1.29, 1.82) is 0 Å². The molecule has 2 saturated heterocycles. The summed E-state index contributed by atoms with van der Waals surface area (Å²) >= 11 is 0. The van der Waals surface area contributed by atoms with Gasteiger partial charge in [-0.3, -0.25) is 4.79 Å². The van der Waals surface area contributed by atoms with Gasteiger partial charge in [-0.05, 0) is 18.9 Å². The molecule has 2 heterocycles. The fraction of sp³-hybridized carbons (Fsp3) is 0.923. The largest absolute Gasteiger partial charge is 0.339 e. The number of rotatable bonds is 2. The second-order valence-corrected chi connectivity index (χ2v) is 6.24. The van der Waals surface area contributed by atoms with Crippen LogP contribution in [-0.2, 0) is 4.79 Å². The summed E-state index contributed by atoms with van der Waals surface area (Å²) < 4.78 is 0. The number of nitrogens with zero attached hydrogens (tertiary/aromatic N) is 1. The van der Waals surface area contributed by atoms with Crippen molar-refractivity contribution in [2.45, 2.75) is 40.2 Å². The topological polar surface area (TPSA) is 32.3 Å². The number of hydrogen-bond acceptors (Lipinski definition) is 2. The number of amides is 1. The Morgan fingerprint density at radius 1 is 1.50 bits per heavy atom. The van der Waals surface area contributed by atoms with Gasteiger partial charge in [-0.25, -0.2) is 0 Å². The van der Waals surface area contributed by atoms with Crippen LogP contribution in [0.25, 0.3) is 0 Å². The highest BCUT2D eigenvalue weighted by atomic mass is 16.2. The molecule has 2 aliphatic heterocycles. The average Bonchev–Trinajstić information content (AvgIpc) is 2.41. The highest BCUT2D eigenvalue weighted by Crippen LogP contribution is 2.43. The Morgan fingerprint density at radius 3 is 2.81 bits per heavy atom.